The third kappa shape index (κ3) is 2.60. The van der Waals surface area contributed by atoms with Crippen LogP contribution in [0.1, 0.15) is 18.5 Å². The lowest BCUT2D eigenvalue weighted by Gasteiger charge is -2.11. The van der Waals surface area contributed by atoms with E-state index in [0.717, 1.165) is 16.7 Å². The average Bonchev–Trinajstić information content (AvgIpc) is 2.29. The first-order valence-corrected chi connectivity index (χ1v) is 5.80. The Kier molecular flexibility index (Phi) is 3.36. The molecular formula is C14H14ClNO. The van der Waals surface area contributed by atoms with Crippen molar-refractivity contribution in [1.29, 1.82) is 0 Å². The van der Waals surface area contributed by atoms with Crippen molar-refractivity contribution in [2.75, 3.05) is 0 Å². The molecule has 1 atom stereocenters. The van der Waals surface area contributed by atoms with Crippen LogP contribution < -0.4 is 5.73 Å². The summed E-state index contributed by atoms with van der Waals surface area (Å²) in [5.74, 6) is 0.250. The lowest BCUT2D eigenvalue weighted by molar-refractivity contribution is 0.475. The summed E-state index contributed by atoms with van der Waals surface area (Å²) >= 11 is 6.08. The molecule has 0 aliphatic rings. The number of aromatic hydroxyl groups is 1. The summed E-state index contributed by atoms with van der Waals surface area (Å²) < 4.78 is 0. The molecule has 3 heteroatoms. The molecule has 0 spiro atoms. The average molecular weight is 248 g/mol. The molecule has 17 heavy (non-hydrogen) atoms. The molecule has 2 aromatic rings. The van der Waals surface area contributed by atoms with Crippen LogP contribution in [0.5, 0.6) is 5.75 Å². The Hall–Kier alpha value is -1.51. The number of phenolic OH excluding ortho intramolecular Hbond substituents is 1. The van der Waals surface area contributed by atoms with E-state index in [1.165, 1.54) is 0 Å². The molecule has 2 aromatic carbocycles. The van der Waals surface area contributed by atoms with Gasteiger partial charge in [0.2, 0.25) is 0 Å². The molecule has 0 radical (unpaired) electrons. The monoisotopic (exact) mass is 247 g/mol. The highest BCUT2D eigenvalue weighted by molar-refractivity contribution is 6.31. The second-order valence-corrected chi connectivity index (χ2v) is 4.48. The largest absolute Gasteiger partial charge is 0.508 e. The lowest BCUT2D eigenvalue weighted by atomic mass is 10.0. The quantitative estimate of drug-likeness (QED) is 0.849. The number of hydrogen-bond donors (Lipinski definition) is 2. The number of benzene rings is 2. The molecule has 0 heterocycles. The number of hydrogen-bond acceptors (Lipinski definition) is 2. The Labute approximate surface area is 106 Å². The van der Waals surface area contributed by atoms with Crippen molar-refractivity contribution in [3.8, 4) is 16.9 Å². The summed E-state index contributed by atoms with van der Waals surface area (Å²) in [5, 5.41) is 10.1. The minimum Gasteiger partial charge on any atom is -0.508 e. The zero-order chi connectivity index (χ0) is 12.4. The summed E-state index contributed by atoms with van der Waals surface area (Å²) in [6.45, 7) is 1.90. The van der Waals surface area contributed by atoms with E-state index in [4.69, 9.17) is 17.3 Å². The van der Waals surface area contributed by atoms with Crippen LogP contribution in [0.15, 0.2) is 42.5 Å². The lowest BCUT2D eigenvalue weighted by Crippen LogP contribution is -2.05. The van der Waals surface area contributed by atoms with Gasteiger partial charge in [-0.1, -0.05) is 29.8 Å². The van der Waals surface area contributed by atoms with Gasteiger partial charge in [0.05, 0.1) is 0 Å². The number of halogens is 1. The molecule has 0 aliphatic heterocycles. The molecule has 2 rings (SSSR count). The molecule has 2 nitrogen and oxygen atoms in total. The van der Waals surface area contributed by atoms with Gasteiger partial charge in [0.25, 0.3) is 0 Å². The maximum atomic E-state index is 9.46. The van der Waals surface area contributed by atoms with Gasteiger partial charge < -0.3 is 10.8 Å². The van der Waals surface area contributed by atoms with Crippen LogP contribution in [-0.2, 0) is 0 Å². The topological polar surface area (TPSA) is 46.2 Å². The van der Waals surface area contributed by atoms with Crippen molar-refractivity contribution >= 4 is 11.6 Å². The second kappa shape index (κ2) is 4.78. The molecular weight excluding hydrogens is 234 g/mol. The molecule has 1 unspecified atom stereocenters. The zero-order valence-electron chi connectivity index (χ0n) is 9.52. The molecule has 0 saturated heterocycles. The van der Waals surface area contributed by atoms with Gasteiger partial charge in [0.1, 0.15) is 5.75 Å². The van der Waals surface area contributed by atoms with E-state index in [9.17, 15) is 5.11 Å². The first kappa shape index (κ1) is 12.0. The fraction of sp³-hybridized carbons (Fsp3) is 0.143. The Balaban J connectivity index is 2.50. The second-order valence-electron chi connectivity index (χ2n) is 4.08. The van der Waals surface area contributed by atoms with Crippen molar-refractivity contribution in [3.05, 3.63) is 53.1 Å². The predicted molar refractivity (Wildman–Crippen MR) is 71.2 cm³/mol. The summed E-state index contributed by atoms with van der Waals surface area (Å²) in [6.07, 6.45) is 0. The van der Waals surface area contributed by atoms with Crippen molar-refractivity contribution in [1.82, 2.24) is 0 Å². The Morgan fingerprint density at radius 1 is 1.12 bits per heavy atom. The molecule has 0 aromatic heterocycles. The third-order valence-electron chi connectivity index (χ3n) is 2.67. The van der Waals surface area contributed by atoms with Crippen molar-refractivity contribution in [2.24, 2.45) is 5.73 Å². The van der Waals surface area contributed by atoms with Crippen LogP contribution in [-0.4, -0.2) is 5.11 Å². The third-order valence-corrected chi connectivity index (χ3v) is 3.01. The molecule has 0 bridgehead atoms. The summed E-state index contributed by atoms with van der Waals surface area (Å²) in [5.41, 5.74) is 8.71. The van der Waals surface area contributed by atoms with Gasteiger partial charge in [0.15, 0.2) is 0 Å². The van der Waals surface area contributed by atoms with Crippen LogP contribution in [0, 0.1) is 0 Å². The Bertz CT molecular complexity index is 537. The Morgan fingerprint density at radius 2 is 1.82 bits per heavy atom. The maximum absolute atomic E-state index is 9.46. The predicted octanol–water partition coefficient (Wildman–Crippen LogP) is 3.73. The molecule has 0 saturated carbocycles. The first-order valence-electron chi connectivity index (χ1n) is 5.42. The van der Waals surface area contributed by atoms with E-state index in [2.05, 4.69) is 0 Å². The van der Waals surface area contributed by atoms with Crippen LogP contribution in [0.2, 0.25) is 5.02 Å². The van der Waals surface area contributed by atoms with Crippen LogP contribution in [0.4, 0.5) is 0 Å². The van der Waals surface area contributed by atoms with E-state index in [-0.39, 0.29) is 11.8 Å². The fourth-order valence-electron chi connectivity index (χ4n) is 1.76. The Morgan fingerprint density at radius 3 is 2.47 bits per heavy atom. The molecule has 0 aliphatic carbocycles. The van der Waals surface area contributed by atoms with Crippen LogP contribution in [0.25, 0.3) is 11.1 Å². The number of nitrogens with two attached hydrogens (primary N) is 1. The molecule has 88 valence electrons. The van der Waals surface area contributed by atoms with Crippen molar-refractivity contribution in [2.45, 2.75) is 13.0 Å². The normalized spacial score (nSPS) is 12.4. The van der Waals surface area contributed by atoms with E-state index < -0.39 is 0 Å². The first-order chi connectivity index (χ1) is 8.08. The van der Waals surface area contributed by atoms with Gasteiger partial charge >= 0.3 is 0 Å². The minimum absolute atomic E-state index is 0.111. The van der Waals surface area contributed by atoms with Gasteiger partial charge in [-0.2, -0.15) is 0 Å². The summed E-state index contributed by atoms with van der Waals surface area (Å²) in [7, 11) is 0. The highest BCUT2D eigenvalue weighted by Gasteiger charge is 2.07. The van der Waals surface area contributed by atoms with Gasteiger partial charge in [0, 0.05) is 11.1 Å². The highest BCUT2D eigenvalue weighted by Crippen LogP contribution is 2.29. The van der Waals surface area contributed by atoms with E-state index in [1.807, 2.05) is 37.3 Å². The van der Waals surface area contributed by atoms with Gasteiger partial charge in [-0.15, -0.1) is 0 Å². The molecule has 0 amide bonds. The van der Waals surface area contributed by atoms with E-state index >= 15 is 0 Å². The van der Waals surface area contributed by atoms with E-state index in [1.54, 1.807) is 12.1 Å². The summed E-state index contributed by atoms with van der Waals surface area (Å²) in [6, 6.07) is 12.7. The smallest absolute Gasteiger partial charge is 0.116 e. The van der Waals surface area contributed by atoms with Crippen molar-refractivity contribution < 1.29 is 5.11 Å². The zero-order valence-corrected chi connectivity index (χ0v) is 10.3. The van der Waals surface area contributed by atoms with Gasteiger partial charge in [-0.25, -0.2) is 0 Å². The number of rotatable bonds is 2. The van der Waals surface area contributed by atoms with Crippen molar-refractivity contribution in [3.63, 3.8) is 0 Å². The standard InChI is InChI=1S/C14H14ClNO/c1-9(16)13-8-11(5-6-14(13)15)10-3-2-4-12(17)7-10/h2-9,17H,16H2,1H3. The fourth-order valence-corrected chi connectivity index (χ4v) is 2.05. The number of phenols is 1. The minimum atomic E-state index is -0.111. The van der Waals surface area contributed by atoms with Crippen LogP contribution in [0.3, 0.4) is 0 Å². The van der Waals surface area contributed by atoms with Gasteiger partial charge in [-0.05, 0) is 47.9 Å². The molecule has 0 fully saturated rings. The molecule has 3 N–H and O–H groups in total. The van der Waals surface area contributed by atoms with Gasteiger partial charge in [-0.3, -0.25) is 0 Å². The maximum Gasteiger partial charge on any atom is 0.116 e. The van der Waals surface area contributed by atoms with E-state index in [0.29, 0.717) is 5.02 Å². The SMILES string of the molecule is CC(N)c1cc(-c2cccc(O)c2)ccc1Cl. The highest BCUT2D eigenvalue weighted by atomic mass is 35.5. The summed E-state index contributed by atoms with van der Waals surface area (Å²) in [4.78, 5) is 0. The van der Waals surface area contributed by atoms with Crippen LogP contribution >= 0.6 is 11.6 Å².